The first-order chi connectivity index (χ1) is 14.1. The van der Waals surface area contributed by atoms with E-state index in [4.69, 9.17) is 0 Å². The summed E-state index contributed by atoms with van der Waals surface area (Å²) < 4.78 is 1.97. The number of H-pyrrole nitrogens is 2. The van der Waals surface area contributed by atoms with Crippen LogP contribution in [0.2, 0.25) is 0 Å². The van der Waals surface area contributed by atoms with Crippen LogP contribution < -0.4 is 11.0 Å². The van der Waals surface area contributed by atoms with Gasteiger partial charge in [-0.15, -0.1) is 10.2 Å². The van der Waals surface area contributed by atoms with Gasteiger partial charge in [-0.3, -0.25) is 9.20 Å². The van der Waals surface area contributed by atoms with Crippen molar-refractivity contribution >= 4 is 50.9 Å². The minimum absolute atomic E-state index is 0.166. The summed E-state index contributed by atoms with van der Waals surface area (Å²) in [6, 6.07) is 15.3. The minimum Gasteiger partial charge on any atom is -0.325 e. The van der Waals surface area contributed by atoms with Crippen LogP contribution in [0.25, 0.3) is 27.6 Å². The van der Waals surface area contributed by atoms with E-state index in [9.17, 15) is 9.59 Å². The highest BCUT2D eigenvalue weighted by Crippen LogP contribution is 2.26. The van der Waals surface area contributed by atoms with Crippen LogP contribution in [0.15, 0.2) is 58.5 Å². The Balaban J connectivity index is 1.37. The van der Waals surface area contributed by atoms with Crippen LogP contribution in [-0.4, -0.2) is 36.2 Å². The molecule has 8 nitrogen and oxygen atoms in total. The van der Waals surface area contributed by atoms with Crippen molar-refractivity contribution < 1.29 is 4.79 Å². The number of fused-ring (bicyclic) bond motifs is 4. The van der Waals surface area contributed by atoms with Crippen molar-refractivity contribution in [3.05, 3.63) is 64.6 Å². The molecule has 0 radical (unpaired) electrons. The average Bonchev–Trinajstić information content (AvgIpc) is 3.28. The Labute approximate surface area is 168 Å². The molecule has 144 valence electrons. The zero-order valence-corrected chi connectivity index (χ0v) is 16.2. The summed E-state index contributed by atoms with van der Waals surface area (Å²) in [7, 11) is 0. The molecule has 0 spiro atoms. The number of rotatable bonds is 4. The number of hydrogen-bond donors (Lipinski definition) is 3. The van der Waals surface area contributed by atoms with Gasteiger partial charge in [0, 0.05) is 11.1 Å². The Hall–Kier alpha value is -3.59. The van der Waals surface area contributed by atoms with Gasteiger partial charge in [0.15, 0.2) is 10.8 Å². The molecule has 1 amide bonds. The molecular formula is C20H16N6O2S. The first-order valence-electron chi connectivity index (χ1n) is 8.97. The minimum atomic E-state index is -0.278. The van der Waals surface area contributed by atoms with E-state index >= 15 is 0 Å². The number of aromatic nitrogens is 5. The molecule has 0 atom stereocenters. The van der Waals surface area contributed by atoms with Gasteiger partial charge in [-0.05, 0) is 42.8 Å². The van der Waals surface area contributed by atoms with E-state index in [1.807, 2.05) is 35.6 Å². The van der Waals surface area contributed by atoms with Crippen molar-refractivity contribution in [1.82, 2.24) is 24.6 Å². The summed E-state index contributed by atoms with van der Waals surface area (Å²) in [6.45, 7) is 2.05. The second-order valence-corrected chi connectivity index (χ2v) is 7.64. The fourth-order valence-electron chi connectivity index (χ4n) is 3.41. The third kappa shape index (κ3) is 3.15. The van der Waals surface area contributed by atoms with Crippen molar-refractivity contribution in [2.75, 3.05) is 11.1 Å². The summed E-state index contributed by atoms with van der Waals surface area (Å²) in [5.74, 6) is 0.0189. The molecule has 9 heteroatoms. The van der Waals surface area contributed by atoms with Gasteiger partial charge < -0.3 is 15.3 Å². The van der Waals surface area contributed by atoms with Gasteiger partial charge in [0.2, 0.25) is 5.91 Å². The van der Waals surface area contributed by atoms with E-state index in [2.05, 4.69) is 31.5 Å². The van der Waals surface area contributed by atoms with Crippen molar-refractivity contribution in [3.63, 3.8) is 0 Å². The number of hydrogen-bond acceptors (Lipinski definition) is 5. The van der Waals surface area contributed by atoms with Crippen LogP contribution in [0, 0.1) is 6.92 Å². The van der Waals surface area contributed by atoms with Gasteiger partial charge in [-0.2, -0.15) is 0 Å². The predicted molar refractivity (Wildman–Crippen MR) is 114 cm³/mol. The average molecular weight is 404 g/mol. The molecule has 0 aliphatic rings. The Morgan fingerprint density at radius 1 is 1.10 bits per heavy atom. The highest BCUT2D eigenvalue weighted by molar-refractivity contribution is 7.99. The summed E-state index contributed by atoms with van der Waals surface area (Å²) in [4.78, 5) is 29.1. The van der Waals surface area contributed by atoms with Crippen LogP contribution in [0.1, 0.15) is 5.56 Å². The maximum Gasteiger partial charge on any atom is 0.323 e. The second kappa shape index (κ2) is 6.78. The monoisotopic (exact) mass is 404 g/mol. The lowest BCUT2D eigenvalue weighted by Crippen LogP contribution is -2.14. The van der Waals surface area contributed by atoms with E-state index in [1.54, 1.807) is 18.2 Å². The highest BCUT2D eigenvalue weighted by atomic mass is 32.2. The number of pyridine rings is 1. The molecule has 29 heavy (non-hydrogen) atoms. The van der Waals surface area contributed by atoms with Crippen molar-refractivity contribution in [3.8, 4) is 0 Å². The third-order valence-corrected chi connectivity index (χ3v) is 5.63. The van der Waals surface area contributed by atoms with Gasteiger partial charge >= 0.3 is 5.69 Å². The molecule has 0 aliphatic heterocycles. The van der Waals surface area contributed by atoms with Gasteiger partial charge in [0.25, 0.3) is 0 Å². The first kappa shape index (κ1) is 17.5. The van der Waals surface area contributed by atoms with E-state index in [0.717, 1.165) is 22.1 Å². The molecule has 0 saturated heterocycles. The maximum absolute atomic E-state index is 12.4. The topological polar surface area (TPSA) is 108 Å². The molecule has 5 rings (SSSR count). The number of carbonyl (C=O) groups excluding carboxylic acids is 1. The van der Waals surface area contributed by atoms with Crippen LogP contribution in [0.5, 0.6) is 0 Å². The van der Waals surface area contributed by atoms with E-state index < -0.39 is 0 Å². The van der Waals surface area contributed by atoms with Crippen molar-refractivity contribution in [2.45, 2.75) is 12.1 Å². The lowest BCUT2D eigenvalue weighted by atomic mass is 10.1. The lowest BCUT2D eigenvalue weighted by Gasteiger charge is -2.07. The number of anilines is 1. The fraction of sp³-hybridized carbons (Fsp3) is 0.100. The van der Waals surface area contributed by atoms with Crippen LogP contribution in [0.3, 0.4) is 0 Å². The normalized spacial score (nSPS) is 11.5. The number of imidazole rings is 1. The first-order valence-corrected chi connectivity index (χ1v) is 9.95. The number of para-hydroxylation sites is 1. The molecule has 3 heterocycles. The molecule has 0 saturated carbocycles. The van der Waals surface area contributed by atoms with Gasteiger partial charge in [0.1, 0.15) is 0 Å². The number of amides is 1. The third-order valence-electron chi connectivity index (χ3n) is 4.71. The predicted octanol–water partition coefficient (Wildman–Crippen LogP) is 3.09. The molecule has 0 bridgehead atoms. The standard InChI is InChI=1S/C20H16N6O2S/c1-11-8-17-24-25-20(26(17)16-5-3-2-4-13(11)16)29-10-18(27)21-12-6-7-14-15(9-12)23-19(28)22-14/h2-9H,10H2,1H3,(H,21,27)(H2,22,23,28). The Morgan fingerprint density at radius 3 is 2.83 bits per heavy atom. The number of aromatic amines is 2. The number of nitrogens with zero attached hydrogens (tertiary/aromatic N) is 3. The molecule has 0 aliphatic carbocycles. The smallest absolute Gasteiger partial charge is 0.323 e. The Morgan fingerprint density at radius 2 is 1.93 bits per heavy atom. The molecular weight excluding hydrogens is 388 g/mol. The van der Waals surface area contributed by atoms with Crippen LogP contribution >= 0.6 is 11.8 Å². The maximum atomic E-state index is 12.4. The summed E-state index contributed by atoms with van der Waals surface area (Å²) in [5, 5.41) is 13.1. The van der Waals surface area contributed by atoms with E-state index in [0.29, 0.717) is 21.9 Å². The molecule has 5 aromatic rings. The Bertz CT molecular complexity index is 1450. The lowest BCUT2D eigenvalue weighted by molar-refractivity contribution is -0.113. The van der Waals surface area contributed by atoms with Crippen LogP contribution in [0.4, 0.5) is 5.69 Å². The number of benzene rings is 2. The largest absolute Gasteiger partial charge is 0.325 e. The summed E-state index contributed by atoms with van der Waals surface area (Å²) in [6.07, 6.45) is 0. The molecule has 0 fully saturated rings. The molecule has 3 N–H and O–H groups in total. The fourth-order valence-corrected chi connectivity index (χ4v) is 4.16. The molecule has 3 aromatic heterocycles. The van der Waals surface area contributed by atoms with E-state index in [-0.39, 0.29) is 17.3 Å². The van der Waals surface area contributed by atoms with Crippen molar-refractivity contribution in [2.24, 2.45) is 0 Å². The SMILES string of the molecule is Cc1cc2nnc(SCC(=O)Nc3ccc4[nH]c(=O)[nH]c4c3)n2c2ccccc12. The number of aryl methyl sites for hydroxylation is 1. The molecule has 2 aromatic carbocycles. The number of carbonyl (C=O) groups is 1. The van der Waals surface area contributed by atoms with Gasteiger partial charge in [0.05, 0.1) is 22.3 Å². The number of thioether (sulfide) groups is 1. The number of nitrogens with one attached hydrogen (secondary N) is 3. The molecule has 0 unspecified atom stereocenters. The zero-order valence-electron chi connectivity index (χ0n) is 15.4. The summed E-state index contributed by atoms with van der Waals surface area (Å²) in [5.41, 5.74) is 4.58. The quantitative estimate of drug-likeness (QED) is 0.399. The van der Waals surface area contributed by atoms with E-state index in [1.165, 1.54) is 11.8 Å². The highest BCUT2D eigenvalue weighted by Gasteiger charge is 2.13. The van der Waals surface area contributed by atoms with Crippen molar-refractivity contribution in [1.29, 1.82) is 0 Å². The van der Waals surface area contributed by atoms with Gasteiger partial charge in [-0.25, -0.2) is 4.79 Å². The van der Waals surface area contributed by atoms with Crippen LogP contribution in [-0.2, 0) is 4.79 Å². The van der Waals surface area contributed by atoms with Gasteiger partial charge in [-0.1, -0.05) is 30.0 Å². The second-order valence-electron chi connectivity index (χ2n) is 6.70. The zero-order chi connectivity index (χ0) is 20.0. The summed E-state index contributed by atoms with van der Waals surface area (Å²) >= 11 is 1.33. The Kier molecular flexibility index (Phi) is 4.09.